The van der Waals surface area contributed by atoms with Gasteiger partial charge in [0.2, 0.25) is 5.78 Å². The zero-order valence-electron chi connectivity index (χ0n) is 12.4. The highest BCUT2D eigenvalue weighted by Gasteiger charge is 2.34. The molecule has 0 fully saturated rings. The molecule has 0 heterocycles. The summed E-state index contributed by atoms with van der Waals surface area (Å²) >= 11 is 0. The second kappa shape index (κ2) is 5.85. The van der Waals surface area contributed by atoms with Gasteiger partial charge in [-0.05, 0) is 37.0 Å². The van der Waals surface area contributed by atoms with Gasteiger partial charge in [-0.3, -0.25) is 9.59 Å². The normalized spacial score (nSPS) is 12.9. The summed E-state index contributed by atoms with van der Waals surface area (Å²) < 4.78 is 0. The Morgan fingerprint density at radius 1 is 0.826 bits per heavy atom. The van der Waals surface area contributed by atoms with E-state index in [2.05, 4.69) is 0 Å². The molecule has 118 valence electrons. The Hall–Kier alpha value is -2.66. The summed E-state index contributed by atoms with van der Waals surface area (Å²) in [6.07, 6.45) is 1.74. The second-order valence-electron chi connectivity index (χ2n) is 5.53. The van der Waals surface area contributed by atoms with Crippen molar-refractivity contribution >= 4 is 11.6 Å². The van der Waals surface area contributed by atoms with Gasteiger partial charge in [-0.2, -0.15) is 0 Å². The third-order valence-corrected chi connectivity index (χ3v) is 4.10. The first-order valence-corrected chi connectivity index (χ1v) is 7.43. The molecule has 0 unspecified atom stereocenters. The Morgan fingerprint density at radius 3 is 2.30 bits per heavy atom. The number of aromatic hydroxyl groups is 2. The van der Waals surface area contributed by atoms with Crippen LogP contribution in [-0.2, 0) is 6.42 Å². The van der Waals surface area contributed by atoms with Gasteiger partial charge in [-0.25, -0.2) is 0 Å². The number of aliphatic hydroxyl groups is 1. The van der Waals surface area contributed by atoms with Crippen molar-refractivity contribution in [3.05, 3.63) is 58.1 Å². The maximum atomic E-state index is 12.7. The number of carbonyl (C=O) groups excluding carboxylic acids is 2. The first-order chi connectivity index (χ1) is 11.1. The molecule has 23 heavy (non-hydrogen) atoms. The number of rotatable bonds is 4. The van der Waals surface area contributed by atoms with Gasteiger partial charge < -0.3 is 15.3 Å². The lowest BCUT2D eigenvalue weighted by atomic mass is 9.82. The number of phenols is 2. The van der Waals surface area contributed by atoms with E-state index < -0.39 is 5.78 Å². The lowest BCUT2D eigenvalue weighted by Crippen LogP contribution is -2.21. The molecule has 0 saturated carbocycles. The van der Waals surface area contributed by atoms with Crippen molar-refractivity contribution in [2.24, 2.45) is 0 Å². The van der Waals surface area contributed by atoms with Gasteiger partial charge in [0.25, 0.3) is 0 Å². The predicted molar refractivity (Wildman–Crippen MR) is 83.1 cm³/mol. The number of benzene rings is 2. The maximum Gasteiger partial charge on any atom is 0.201 e. The fourth-order valence-corrected chi connectivity index (χ4v) is 2.92. The lowest BCUT2D eigenvalue weighted by molar-refractivity contribution is 0.0974. The van der Waals surface area contributed by atoms with Gasteiger partial charge in [0.05, 0.1) is 11.1 Å². The average Bonchev–Trinajstić information content (AvgIpc) is 2.54. The summed E-state index contributed by atoms with van der Waals surface area (Å²) in [5.74, 6) is -1.42. The molecule has 0 bridgehead atoms. The summed E-state index contributed by atoms with van der Waals surface area (Å²) in [7, 11) is 0. The van der Waals surface area contributed by atoms with Gasteiger partial charge in [0.1, 0.15) is 11.5 Å². The predicted octanol–water partition coefficient (Wildman–Crippen LogP) is 2.19. The highest BCUT2D eigenvalue weighted by Crippen LogP contribution is 2.38. The molecule has 3 N–H and O–H groups in total. The summed E-state index contributed by atoms with van der Waals surface area (Å²) in [6.45, 7) is 0.0599. The number of aryl methyl sites for hydroxylation is 1. The van der Waals surface area contributed by atoms with Crippen LogP contribution in [0.5, 0.6) is 11.5 Å². The molecule has 0 radical (unpaired) electrons. The zero-order valence-corrected chi connectivity index (χ0v) is 12.4. The van der Waals surface area contributed by atoms with Crippen molar-refractivity contribution in [2.75, 3.05) is 6.61 Å². The van der Waals surface area contributed by atoms with Crippen molar-refractivity contribution in [3.8, 4) is 11.5 Å². The van der Waals surface area contributed by atoms with Gasteiger partial charge in [0.15, 0.2) is 5.78 Å². The van der Waals surface area contributed by atoms with Crippen LogP contribution in [0.1, 0.15) is 50.2 Å². The minimum absolute atomic E-state index is 0.0505. The molecule has 5 heteroatoms. The third kappa shape index (κ3) is 2.39. The Bertz CT molecular complexity index is 807. The molecule has 2 aromatic carbocycles. The minimum atomic E-state index is -0.547. The van der Waals surface area contributed by atoms with Crippen molar-refractivity contribution in [2.45, 2.75) is 19.3 Å². The van der Waals surface area contributed by atoms with E-state index in [0.717, 1.165) is 0 Å². The fraction of sp³-hybridized carbons (Fsp3) is 0.222. The Kier molecular flexibility index (Phi) is 3.88. The lowest BCUT2D eigenvalue weighted by Gasteiger charge is -2.20. The molecule has 2 aromatic rings. The van der Waals surface area contributed by atoms with Crippen LogP contribution in [0.25, 0.3) is 0 Å². The number of hydrogen-bond donors (Lipinski definition) is 3. The van der Waals surface area contributed by atoms with Crippen LogP contribution in [0.2, 0.25) is 0 Å². The summed E-state index contributed by atoms with van der Waals surface area (Å²) in [4.78, 5) is 25.2. The minimum Gasteiger partial charge on any atom is -0.507 e. The smallest absolute Gasteiger partial charge is 0.201 e. The van der Waals surface area contributed by atoms with Crippen molar-refractivity contribution < 1.29 is 24.9 Å². The van der Waals surface area contributed by atoms with E-state index in [4.69, 9.17) is 5.11 Å². The number of fused-ring (bicyclic) bond motifs is 2. The topological polar surface area (TPSA) is 94.8 Å². The number of aliphatic hydroxyl groups excluding tert-OH is 1. The van der Waals surface area contributed by atoms with Crippen LogP contribution in [0.4, 0.5) is 0 Å². The summed E-state index contributed by atoms with van der Waals surface area (Å²) in [5, 5.41) is 29.2. The van der Waals surface area contributed by atoms with Crippen molar-refractivity contribution in [1.82, 2.24) is 0 Å². The average molecular weight is 312 g/mol. The Labute approximate surface area is 132 Å². The second-order valence-corrected chi connectivity index (χ2v) is 5.53. The van der Waals surface area contributed by atoms with Crippen LogP contribution in [0.3, 0.4) is 0 Å². The Balaban J connectivity index is 2.11. The molecule has 1 aliphatic carbocycles. The van der Waals surface area contributed by atoms with E-state index in [-0.39, 0.29) is 46.1 Å². The molecular weight excluding hydrogens is 296 g/mol. The zero-order chi connectivity index (χ0) is 16.6. The molecule has 0 amide bonds. The van der Waals surface area contributed by atoms with E-state index in [1.807, 2.05) is 0 Å². The van der Waals surface area contributed by atoms with Gasteiger partial charge in [0, 0.05) is 17.7 Å². The standard InChI is InChI=1S/C18H16O5/c19-9-2-1-4-10-7-8-12-15(16(10)21)18(23)14-11(17(12)22)5-3-6-13(14)20/h3,5-8,19-21H,1-2,4,9H2. The largest absolute Gasteiger partial charge is 0.507 e. The molecule has 0 atom stereocenters. The highest BCUT2D eigenvalue weighted by atomic mass is 16.3. The molecule has 3 rings (SSSR count). The maximum absolute atomic E-state index is 12.7. The van der Waals surface area contributed by atoms with Crippen LogP contribution in [0, 0.1) is 0 Å². The molecule has 1 aliphatic rings. The molecule has 5 nitrogen and oxygen atoms in total. The number of hydrogen-bond acceptors (Lipinski definition) is 5. The van der Waals surface area contributed by atoms with Crippen LogP contribution in [0.15, 0.2) is 30.3 Å². The van der Waals surface area contributed by atoms with Gasteiger partial charge >= 0.3 is 0 Å². The molecule has 0 aliphatic heterocycles. The molecule has 0 spiro atoms. The molecule has 0 aromatic heterocycles. The number of phenolic OH excluding ortho intramolecular Hbond substituents is 2. The highest BCUT2D eigenvalue weighted by molar-refractivity contribution is 6.30. The quantitative estimate of drug-likeness (QED) is 0.642. The number of carbonyl (C=O) groups is 2. The summed E-state index contributed by atoms with van der Waals surface area (Å²) in [5.41, 5.74) is 0.738. The molecule has 0 saturated heterocycles. The monoisotopic (exact) mass is 312 g/mol. The summed E-state index contributed by atoms with van der Waals surface area (Å²) in [6, 6.07) is 7.51. The first-order valence-electron chi connectivity index (χ1n) is 7.43. The van der Waals surface area contributed by atoms with Crippen molar-refractivity contribution in [3.63, 3.8) is 0 Å². The number of unbranched alkanes of at least 4 members (excludes halogenated alkanes) is 1. The number of ketones is 2. The fourth-order valence-electron chi connectivity index (χ4n) is 2.92. The van der Waals surface area contributed by atoms with E-state index >= 15 is 0 Å². The van der Waals surface area contributed by atoms with E-state index in [1.165, 1.54) is 24.3 Å². The van der Waals surface area contributed by atoms with Crippen LogP contribution < -0.4 is 0 Å². The van der Waals surface area contributed by atoms with Crippen molar-refractivity contribution in [1.29, 1.82) is 0 Å². The Morgan fingerprint density at radius 2 is 1.57 bits per heavy atom. The first kappa shape index (κ1) is 15.2. The van der Waals surface area contributed by atoms with E-state index in [9.17, 15) is 19.8 Å². The van der Waals surface area contributed by atoms with Crippen LogP contribution in [-0.4, -0.2) is 33.5 Å². The molecular formula is C18H16O5. The van der Waals surface area contributed by atoms with Crippen LogP contribution >= 0.6 is 0 Å². The van der Waals surface area contributed by atoms with Gasteiger partial charge in [-0.1, -0.05) is 18.2 Å². The van der Waals surface area contributed by atoms with E-state index in [0.29, 0.717) is 24.8 Å². The third-order valence-electron chi connectivity index (χ3n) is 4.10. The van der Waals surface area contributed by atoms with E-state index in [1.54, 1.807) is 6.07 Å². The SMILES string of the molecule is O=C1c2cccc(O)c2C(=O)c2c1ccc(CCCCO)c2O. The van der Waals surface area contributed by atoms with Gasteiger partial charge in [-0.15, -0.1) is 0 Å².